The van der Waals surface area contributed by atoms with E-state index in [-0.39, 0.29) is 0 Å². The first kappa shape index (κ1) is 18.5. The van der Waals surface area contributed by atoms with Crippen LogP contribution in [0.4, 0.5) is 0 Å². The van der Waals surface area contributed by atoms with E-state index in [1.807, 2.05) is 36.4 Å². The maximum absolute atomic E-state index is 5.73. The molecule has 1 aromatic heterocycles. The van der Waals surface area contributed by atoms with E-state index in [1.54, 1.807) is 6.20 Å². The number of benzene rings is 1. The second-order valence-corrected chi connectivity index (χ2v) is 6.67. The summed E-state index contributed by atoms with van der Waals surface area (Å²) >= 11 is 3.42. The molecular weight excluding hydrogens is 362 g/mol. The molecular formula is C21H24BrNO. The van der Waals surface area contributed by atoms with Crippen LogP contribution in [0.25, 0.3) is 0 Å². The summed E-state index contributed by atoms with van der Waals surface area (Å²) < 4.78 is 6.78. The SMILES string of the molecule is CCCCCCCCOc1ccc(C#Cc2ccc(Br)cc2)nc1. The lowest BCUT2D eigenvalue weighted by Crippen LogP contribution is -1.98. The fraction of sp³-hybridized carbons (Fsp3) is 0.381. The summed E-state index contributed by atoms with van der Waals surface area (Å²) in [6, 6.07) is 11.8. The van der Waals surface area contributed by atoms with Crippen molar-refractivity contribution in [2.24, 2.45) is 0 Å². The third-order valence-corrected chi connectivity index (χ3v) is 4.21. The van der Waals surface area contributed by atoms with Crippen molar-refractivity contribution in [3.8, 4) is 17.6 Å². The van der Waals surface area contributed by atoms with E-state index >= 15 is 0 Å². The first-order valence-electron chi connectivity index (χ1n) is 8.64. The Hall–Kier alpha value is -1.79. The second-order valence-electron chi connectivity index (χ2n) is 5.75. The van der Waals surface area contributed by atoms with Crippen molar-refractivity contribution in [1.82, 2.24) is 4.98 Å². The molecule has 0 N–H and O–H groups in total. The molecule has 0 bridgehead atoms. The summed E-state index contributed by atoms with van der Waals surface area (Å²) in [5, 5.41) is 0. The van der Waals surface area contributed by atoms with Crippen LogP contribution >= 0.6 is 15.9 Å². The summed E-state index contributed by atoms with van der Waals surface area (Å²) in [6.07, 6.45) is 9.37. The van der Waals surface area contributed by atoms with E-state index in [2.05, 4.69) is 39.7 Å². The highest BCUT2D eigenvalue weighted by Gasteiger charge is 1.96. The molecule has 0 spiro atoms. The molecule has 2 nitrogen and oxygen atoms in total. The van der Waals surface area contributed by atoms with Crippen LogP contribution in [0.2, 0.25) is 0 Å². The number of rotatable bonds is 8. The van der Waals surface area contributed by atoms with Gasteiger partial charge in [-0.15, -0.1) is 0 Å². The summed E-state index contributed by atoms with van der Waals surface area (Å²) in [4.78, 5) is 4.34. The van der Waals surface area contributed by atoms with Crippen LogP contribution in [0.5, 0.6) is 5.75 Å². The minimum absolute atomic E-state index is 0.754. The molecule has 0 aliphatic rings. The van der Waals surface area contributed by atoms with E-state index < -0.39 is 0 Å². The first-order chi connectivity index (χ1) is 11.8. The largest absolute Gasteiger partial charge is 0.492 e. The van der Waals surface area contributed by atoms with Crippen LogP contribution in [0.15, 0.2) is 47.1 Å². The highest BCUT2D eigenvalue weighted by Crippen LogP contribution is 2.12. The molecule has 2 rings (SSSR count). The Labute approximate surface area is 153 Å². The standard InChI is InChI=1S/C21H24BrNO/c1-2-3-4-5-6-7-16-24-21-15-14-20(23-17-21)13-10-18-8-11-19(22)12-9-18/h8-9,11-12,14-15,17H,2-7,16H2,1H3. The van der Waals surface area contributed by atoms with E-state index in [9.17, 15) is 0 Å². The lowest BCUT2D eigenvalue weighted by Gasteiger charge is -2.05. The van der Waals surface area contributed by atoms with Gasteiger partial charge in [-0.3, -0.25) is 0 Å². The van der Waals surface area contributed by atoms with Gasteiger partial charge >= 0.3 is 0 Å². The maximum Gasteiger partial charge on any atom is 0.137 e. The highest BCUT2D eigenvalue weighted by molar-refractivity contribution is 9.10. The number of nitrogens with zero attached hydrogens (tertiary/aromatic N) is 1. The minimum Gasteiger partial charge on any atom is -0.492 e. The summed E-state index contributed by atoms with van der Waals surface area (Å²) in [5.74, 6) is 7.00. The number of unbranched alkanes of at least 4 members (excludes halogenated alkanes) is 5. The summed E-state index contributed by atoms with van der Waals surface area (Å²) in [5.41, 5.74) is 1.73. The number of ether oxygens (including phenoxy) is 1. The fourth-order valence-electron chi connectivity index (χ4n) is 2.28. The lowest BCUT2D eigenvalue weighted by molar-refractivity contribution is 0.303. The zero-order chi connectivity index (χ0) is 17.0. The van der Waals surface area contributed by atoms with Gasteiger partial charge in [0, 0.05) is 10.0 Å². The minimum atomic E-state index is 0.754. The van der Waals surface area contributed by atoms with Crippen LogP contribution in [0, 0.1) is 11.8 Å². The Morgan fingerprint density at radius 3 is 2.38 bits per heavy atom. The van der Waals surface area contributed by atoms with Gasteiger partial charge in [-0.25, -0.2) is 4.98 Å². The quantitative estimate of drug-likeness (QED) is 0.411. The topological polar surface area (TPSA) is 22.1 Å². The molecule has 0 saturated carbocycles. The maximum atomic E-state index is 5.73. The average Bonchev–Trinajstić information content (AvgIpc) is 2.61. The molecule has 0 fully saturated rings. The number of hydrogen-bond acceptors (Lipinski definition) is 2. The summed E-state index contributed by atoms with van der Waals surface area (Å²) in [6.45, 7) is 3.00. The molecule has 2 aromatic rings. The number of halogens is 1. The van der Waals surface area contributed by atoms with Crippen molar-refractivity contribution in [3.63, 3.8) is 0 Å². The van der Waals surface area contributed by atoms with Crippen LogP contribution in [-0.2, 0) is 0 Å². The van der Waals surface area contributed by atoms with Crippen molar-refractivity contribution >= 4 is 15.9 Å². The van der Waals surface area contributed by atoms with Crippen molar-refractivity contribution in [3.05, 3.63) is 58.3 Å². The smallest absolute Gasteiger partial charge is 0.137 e. The van der Waals surface area contributed by atoms with Crippen LogP contribution in [0.3, 0.4) is 0 Å². The van der Waals surface area contributed by atoms with E-state index in [4.69, 9.17) is 4.74 Å². The molecule has 0 atom stereocenters. The summed E-state index contributed by atoms with van der Waals surface area (Å²) in [7, 11) is 0. The second kappa shape index (κ2) is 10.9. The molecule has 0 aliphatic heterocycles. The normalized spacial score (nSPS) is 10.1. The Morgan fingerprint density at radius 1 is 0.917 bits per heavy atom. The van der Waals surface area contributed by atoms with Gasteiger partial charge in [0.05, 0.1) is 12.8 Å². The predicted octanol–water partition coefficient (Wildman–Crippen LogP) is 5.98. The van der Waals surface area contributed by atoms with Gasteiger partial charge in [0.25, 0.3) is 0 Å². The van der Waals surface area contributed by atoms with Crippen molar-refractivity contribution in [2.45, 2.75) is 45.4 Å². The molecule has 1 aromatic carbocycles. The molecule has 0 amide bonds. The van der Waals surface area contributed by atoms with Gasteiger partial charge in [-0.1, -0.05) is 60.9 Å². The van der Waals surface area contributed by atoms with Gasteiger partial charge in [0.1, 0.15) is 11.4 Å². The lowest BCUT2D eigenvalue weighted by atomic mass is 10.1. The molecule has 0 aliphatic carbocycles. The number of aromatic nitrogens is 1. The number of hydrogen-bond donors (Lipinski definition) is 0. The van der Waals surface area contributed by atoms with Crippen LogP contribution in [-0.4, -0.2) is 11.6 Å². The molecule has 0 radical (unpaired) electrons. The van der Waals surface area contributed by atoms with E-state index in [0.29, 0.717) is 0 Å². The number of pyridine rings is 1. The Bertz CT molecular complexity index is 653. The van der Waals surface area contributed by atoms with Gasteiger partial charge in [0.2, 0.25) is 0 Å². The molecule has 0 saturated heterocycles. The molecule has 1 heterocycles. The van der Waals surface area contributed by atoms with Crippen LogP contribution < -0.4 is 4.74 Å². The van der Waals surface area contributed by atoms with Gasteiger partial charge < -0.3 is 4.74 Å². The molecule has 3 heteroatoms. The Kier molecular flexibility index (Phi) is 8.41. The molecule has 24 heavy (non-hydrogen) atoms. The van der Waals surface area contributed by atoms with Gasteiger partial charge in [-0.2, -0.15) is 0 Å². The van der Waals surface area contributed by atoms with Crippen molar-refractivity contribution in [1.29, 1.82) is 0 Å². The van der Waals surface area contributed by atoms with Crippen molar-refractivity contribution < 1.29 is 4.74 Å². The van der Waals surface area contributed by atoms with Gasteiger partial charge in [-0.05, 0) is 48.7 Å². The van der Waals surface area contributed by atoms with E-state index in [1.165, 1.54) is 32.1 Å². The zero-order valence-corrected chi connectivity index (χ0v) is 15.8. The third kappa shape index (κ3) is 7.19. The highest BCUT2D eigenvalue weighted by atomic mass is 79.9. The Morgan fingerprint density at radius 2 is 1.67 bits per heavy atom. The van der Waals surface area contributed by atoms with E-state index in [0.717, 1.165) is 34.5 Å². The predicted molar refractivity (Wildman–Crippen MR) is 103 cm³/mol. The van der Waals surface area contributed by atoms with Crippen LogP contribution in [0.1, 0.15) is 56.7 Å². The monoisotopic (exact) mass is 385 g/mol. The zero-order valence-electron chi connectivity index (χ0n) is 14.2. The first-order valence-corrected chi connectivity index (χ1v) is 9.43. The van der Waals surface area contributed by atoms with Gasteiger partial charge in [0.15, 0.2) is 0 Å². The Balaban J connectivity index is 1.74. The third-order valence-electron chi connectivity index (χ3n) is 3.68. The van der Waals surface area contributed by atoms with Crippen molar-refractivity contribution in [2.75, 3.05) is 6.61 Å². The fourth-order valence-corrected chi connectivity index (χ4v) is 2.55. The average molecular weight is 386 g/mol. The molecule has 0 unspecified atom stereocenters. The molecule has 126 valence electrons.